The molecule has 0 aromatic heterocycles. The Morgan fingerprint density at radius 3 is 2.67 bits per heavy atom. The van der Waals surface area contributed by atoms with Crippen LogP contribution in [0.4, 0.5) is 14.9 Å². The van der Waals surface area contributed by atoms with Gasteiger partial charge in [-0.05, 0) is 18.2 Å². The molecule has 0 radical (unpaired) electrons. The number of benzene rings is 2. The van der Waals surface area contributed by atoms with Crippen LogP contribution in [0.25, 0.3) is 0 Å². The summed E-state index contributed by atoms with van der Waals surface area (Å²) < 4.78 is 23.5. The Labute approximate surface area is 124 Å². The number of halogens is 2. The molecule has 21 heavy (non-hydrogen) atoms. The number of hydrogen-bond donors (Lipinski definition) is 2. The van der Waals surface area contributed by atoms with Crippen molar-refractivity contribution in [2.24, 2.45) is 0 Å². The van der Waals surface area contributed by atoms with E-state index in [9.17, 15) is 14.3 Å². The molecule has 0 aliphatic rings. The van der Waals surface area contributed by atoms with Crippen LogP contribution in [-0.2, 0) is 4.74 Å². The first-order valence-electron chi connectivity index (χ1n) is 5.81. The summed E-state index contributed by atoms with van der Waals surface area (Å²) in [5.74, 6) is -0.614. The van der Waals surface area contributed by atoms with Gasteiger partial charge in [-0.15, -0.1) is 0 Å². The Balaban J connectivity index is 2.33. The summed E-state index contributed by atoms with van der Waals surface area (Å²) in [6.07, 6.45) is -0.829. The van der Waals surface area contributed by atoms with Gasteiger partial charge in [0.2, 0.25) is 0 Å². The molecule has 0 bridgehead atoms. The second-order valence-electron chi connectivity index (χ2n) is 3.95. The highest BCUT2D eigenvalue weighted by atomic mass is 35.5. The standard InChI is InChI=1S/C14H11ClFNO4/c1-20-14(19)17-10-7-13(8(15)6-9(10)16)21-12-5-3-2-4-11(12)18/h2-7,18H,1H3,(H,17,19). The van der Waals surface area contributed by atoms with Crippen LogP contribution in [0.1, 0.15) is 0 Å². The lowest BCUT2D eigenvalue weighted by molar-refractivity contribution is 0.187. The van der Waals surface area contributed by atoms with Crippen LogP contribution in [0.15, 0.2) is 36.4 Å². The molecule has 2 aromatic carbocycles. The van der Waals surface area contributed by atoms with Crippen LogP contribution in [0, 0.1) is 5.82 Å². The molecule has 0 saturated carbocycles. The van der Waals surface area contributed by atoms with Crippen LogP contribution < -0.4 is 10.1 Å². The maximum absolute atomic E-state index is 13.7. The van der Waals surface area contributed by atoms with E-state index >= 15 is 0 Å². The van der Waals surface area contributed by atoms with E-state index < -0.39 is 11.9 Å². The van der Waals surface area contributed by atoms with Gasteiger partial charge in [0.15, 0.2) is 11.5 Å². The zero-order valence-corrected chi connectivity index (χ0v) is 11.6. The molecular weight excluding hydrogens is 301 g/mol. The first-order chi connectivity index (χ1) is 10.0. The largest absolute Gasteiger partial charge is 0.504 e. The molecule has 0 aliphatic carbocycles. The molecule has 0 atom stereocenters. The van der Waals surface area contributed by atoms with Crippen LogP contribution in [0.3, 0.4) is 0 Å². The highest BCUT2D eigenvalue weighted by Crippen LogP contribution is 2.36. The summed E-state index contributed by atoms with van der Waals surface area (Å²) in [7, 11) is 1.16. The van der Waals surface area contributed by atoms with E-state index in [1.807, 2.05) is 0 Å². The zero-order chi connectivity index (χ0) is 15.4. The molecule has 2 rings (SSSR count). The fourth-order valence-electron chi connectivity index (χ4n) is 1.53. The Bertz CT molecular complexity index is 678. The number of phenolic OH excluding ortho intramolecular Hbond substituents is 1. The monoisotopic (exact) mass is 311 g/mol. The minimum Gasteiger partial charge on any atom is -0.504 e. The number of amides is 1. The van der Waals surface area contributed by atoms with Crippen molar-refractivity contribution in [2.75, 3.05) is 12.4 Å². The second kappa shape index (κ2) is 6.32. The van der Waals surface area contributed by atoms with Gasteiger partial charge >= 0.3 is 6.09 Å². The van der Waals surface area contributed by atoms with E-state index in [0.717, 1.165) is 13.2 Å². The molecular formula is C14H11ClFNO4. The normalized spacial score (nSPS) is 10.0. The van der Waals surface area contributed by atoms with Gasteiger partial charge in [-0.3, -0.25) is 5.32 Å². The van der Waals surface area contributed by atoms with E-state index in [1.54, 1.807) is 12.1 Å². The fourth-order valence-corrected chi connectivity index (χ4v) is 1.71. The number of methoxy groups -OCH3 is 1. The third-order valence-electron chi connectivity index (χ3n) is 2.53. The van der Waals surface area contributed by atoms with Crippen LogP contribution in [0.5, 0.6) is 17.2 Å². The number of aromatic hydroxyl groups is 1. The molecule has 0 fully saturated rings. The summed E-state index contributed by atoms with van der Waals surface area (Å²) >= 11 is 5.88. The van der Waals surface area contributed by atoms with Crippen molar-refractivity contribution in [3.63, 3.8) is 0 Å². The van der Waals surface area contributed by atoms with Crippen molar-refractivity contribution < 1.29 is 23.8 Å². The zero-order valence-electron chi connectivity index (χ0n) is 10.9. The Hall–Kier alpha value is -2.47. The number of hydrogen-bond acceptors (Lipinski definition) is 4. The van der Waals surface area contributed by atoms with Crippen LogP contribution in [0.2, 0.25) is 5.02 Å². The minimum atomic E-state index is -0.829. The van der Waals surface area contributed by atoms with Gasteiger partial charge in [-0.1, -0.05) is 23.7 Å². The Morgan fingerprint density at radius 1 is 1.29 bits per heavy atom. The molecule has 2 aromatic rings. The molecule has 0 spiro atoms. The van der Waals surface area contributed by atoms with Gasteiger partial charge in [0.1, 0.15) is 11.6 Å². The van der Waals surface area contributed by atoms with Crippen molar-refractivity contribution in [1.29, 1.82) is 0 Å². The van der Waals surface area contributed by atoms with E-state index in [1.165, 1.54) is 18.2 Å². The van der Waals surface area contributed by atoms with Crippen molar-refractivity contribution in [1.82, 2.24) is 0 Å². The molecule has 110 valence electrons. The van der Waals surface area contributed by atoms with Gasteiger partial charge in [0.25, 0.3) is 0 Å². The third kappa shape index (κ3) is 3.55. The minimum absolute atomic E-state index is 0.00818. The summed E-state index contributed by atoms with van der Waals surface area (Å²) in [5, 5.41) is 11.8. The van der Waals surface area contributed by atoms with Crippen molar-refractivity contribution in [3.8, 4) is 17.2 Å². The molecule has 0 heterocycles. The smallest absolute Gasteiger partial charge is 0.411 e. The number of para-hydroxylation sites is 2. The lowest BCUT2D eigenvalue weighted by atomic mass is 10.2. The van der Waals surface area contributed by atoms with Gasteiger partial charge in [-0.25, -0.2) is 9.18 Å². The van der Waals surface area contributed by atoms with Crippen molar-refractivity contribution in [2.45, 2.75) is 0 Å². The number of anilines is 1. The average Bonchev–Trinajstić information content (AvgIpc) is 2.46. The van der Waals surface area contributed by atoms with Gasteiger partial charge in [-0.2, -0.15) is 0 Å². The summed E-state index contributed by atoms with van der Waals surface area (Å²) in [4.78, 5) is 11.1. The molecule has 0 aliphatic heterocycles. The molecule has 5 nitrogen and oxygen atoms in total. The maximum atomic E-state index is 13.7. The highest BCUT2D eigenvalue weighted by Gasteiger charge is 2.14. The third-order valence-corrected chi connectivity index (χ3v) is 2.82. The lowest BCUT2D eigenvalue weighted by Gasteiger charge is -2.12. The quantitative estimate of drug-likeness (QED) is 0.893. The predicted molar refractivity (Wildman–Crippen MR) is 75.6 cm³/mol. The molecule has 0 saturated heterocycles. The van der Waals surface area contributed by atoms with E-state index in [0.29, 0.717) is 0 Å². The number of nitrogens with one attached hydrogen (secondary N) is 1. The van der Waals surface area contributed by atoms with E-state index in [-0.39, 0.29) is 28.0 Å². The van der Waals surface area contributed by atoms with Gasteiger partial charge in [0.05, 0.1) is 17.8 Å². The van der Waals surface area contributed by atoms with Crippen LogP contribution in [-0.4, -0.2) is 18.3 Å². The first-order valence-corrected chi connectivity index (χ1v) is 6.19. The van der Waals surface area contributed by atoms with E-state index in [4.69, 9.17) is 16.3 Å². The number of carbonyl (C=O) groups is 1. The number of carbonyl (C=O) groups excluding carboxylic acids is 1. The fraction of sp³-hybridized carbons (Fsp3) is 0.0714. The predicted octanol–water partition coefficient (Wildman–Crippen LogP) is 4.16. The second-order valence-corrected chi connectivity index (χ2v) is 4.36. The lowest BCUT2D eigenvalue weighted by Crippen LogP contribution is -2.12. The average molecular weight is 312 g/mol. The topological polar surface area (TPSA) is 67.8 Å². The molecule has 1 amide bonds. The summed E-state index contributed by atoms with van der Waals surface area (Å²) in [6.45, 7) is 0. The molecule has 0 unspecified atom stereocenters. The highest BCUT2D eigenvalue weighted by molar-refractivity contribution is 6.32. The molecule has 2 N–H and O–H groups in total. The first kappa shape index (κ1) is 14.9. The molecule has 7 heteroatoms. The summed E-state index contributed by atoms with van der Waals surface area (Å²) in [5.41, 5.74) is -0.156. The van der Waals surface area contributed by atoms with Gasteiger partial charge < -0.3 is 14.6 Å². The number of phenols is 1. The van der Waals surface area contributed by atoms with Crippen molar-refractivity contribution >= 4 is 23.4 Å². The summed E-state index contributed by atoms with van der Waals surface area (Å²) in [6, 6.07) is 8.41. The number of rotatable bonds is 3. The van der Waals surface area contributed by atoms with Crippen molar-refractivity contribution in [3.05, 3.63) is 47.2 Å². The SMILES string of the molecule is COC(=O)Nc1cc(Oc2ccccc2O)c(Cl)cc1F. The van der Waals surface area contributed by atoms with E-state index in [2.05, 4.69) is 10.1 Å². The number of ether oxygens (including phenoxy) is 2. The Kier molecular flexibility index (Phi) is 4.49. The maximum Gasteiger partial charge on any atom is 0.411 e. The van der Waals surface area contributed by atoms with Crippen LogP contribution >= 0.6 is 11.6 Å². The Morgan fingerprint density at radius 2 is 2.00 bits per heavy atom. The van der Waals surface area contributed by atoms with Gasteiger partial charge in [0, 0.05) is 6.07 Å².